The van der Waals surface area contributed by atoms with Crippen molar-refractivity contribution in [3.8, 4) is 23.0 Å². The van der Waals surface area contributed by atoms with Crippen LogP contribution in [0.25, 0.3) is 0 Å². The molecule has 0 saturated heterocycles. The zero-order chi connectivity index (χ0) is 35.1. The second-order valence-electron chi connectivity index (χ2n) is 14.1. The minimum absolute atomic E-state index is 0.0194. The van der Waals surface area contributed by atoms with Gasteiger partial charge in [0.25, 0.3) is 0 Å². The van der Waals surface area contributed by atoms with Gasteiger partial charge in [0.05, 0.1) is 5.60 Å². The normalized spacial score (nSPS) is 21.9. The molecule has 1 unspecified atom stereocenters. The Morgan fingerprint density at radius 3 is 1.77 bits per heavy atom. The quantitative estimate of drug-likeness (QED) is 0.123. The van der Waals surface area contributed by atoms with E-state index in [-0.39, 0.29) is 34.8 Å². The molecule has 0 amide bonds. The monoisotopic (exact) mass is 646 g/mol. The summed E-state index contributed by atoms with van der Waals surface area (Å²) in [5.41, 5.74) is 5.73. The van der Waals surface area contributed by atoms with Gasteiger partial charge in [-0.1, -0.05) is 87.6 Å². The topological polar surface area (TPSA) is 101 Å². The van der Waals surface area contributed by atoms with E-state index in [1.807, 2.05) is 39.0 Å². The van der Waals surface area contributed by atoms with E-state index in [9.17, 15) is 25.5 Å². The zero-order valence-electron chi connectivity index (χ0n) is 30.0. The second kappa shape index (κ2) is 19.4. The molecule has 0 bridgehead atoms. The van der Waals surface area contributed by atoms with Crippen molar-refractivity contribution in [3.05, 3.63) is 95.1 Å². The number of allylic oxidation sites excluding steroid dienone is 5. The van der Waals surface area contributed by atoms with Crippen LogP contribution in [0.2, 0.25) is 0 Å². The predicted octanol–water partition coefficient (Wildman–Crippen LogP) is 11.0. The lowest BCUT2D eigenvalue weighted by atomic mass is 9.73. The maximum atomic E-state index is 10.5. The molecule has 2 aromatic rings. The summed E-state index contributed by atoms with van der Waals surface area (Å²) in [6.45, 7) is 20.4. The number of phenols is 4. The lowest BCUT2D eigenvalue weighted by Gasteiger charge is -2.31. The van der Waals surface area contributed by atoms with Gasteiger partial charge in [-0.25, -0.2) is 0 Å². The van der Waals surface area contributed by atoms with E-state index in [1.54, 1.807) is 12.1 Å². The molecule has 2 aromatic carbocycles. The fourth-order valence-corrected chi connectivity index (χ4v) is 6.39. The third-order valence-corrected chi connectivity index (χ3v) is 9.29. The molecule has 5 N–H and O–H groups in total. The van der Waals surface area contributed by atoms with Gasteiger partial charge in [0.1, 0.15) is 23.0 Å². The molecule has 4 atom stereocenters. The molecule has 2 aliphatic rings. The van der Waals surface area contributed by atoms with Gasteiger partial charge in [-0.05, 0) is 126 Å². The van der Waals surface area contributed by atoms with E-state index < -0.39 is 5.60 Å². The molecule has 0 saturated carbocycles. The molecule has 0 spiro atoms. The van der Waals surface area contributed by atoms with E-state index in [1.165, 1.54) is 42.9 Å². The van der Waals surface area contributed by atoms with E-state index in [0.717, 1.165) is 68.1 Å². The molecule has 0 aromatic heterocycles. The number of rotatable bonds is 11. The first-order chi connectivity index (χ1) is 22.2. The van der Waals surface area contributed by atoms with Crippen LogP contribution in [0, 0.1) is 11.8 Å². The minimum atomic E-state index is -0.577. The number of phenolic OH excluding ortho intramolecular Hbond substituents is 4. The fraction of sp³-hybridized carbons (Fsp3) is 0.524. The molecule has 0 radical (unpaired) electrons. The van der Waals surface area contributed by atoms with Crippen molar-refractivity contribution >= 4 is 0 Å². The second-order valence-corrected chi connectivity index (χ2v) is 14.1. The molecular weight excluding hydrogens is 584 g/mol. The Labute approximate surface area is 285 Å². The SMILES string of the molecule is C=C(C)[C@@H]1CCC(C)=C[C@H]1c1c(O)cc(CCCCC)cc1O.C=C(C)[C@H]1C=CC(C)(O)CC1.CCCCCc1cc(O)cc(O)c1. The van der Waals surface area contributed by atoms with Crippen LogP contribution in [-0.4, -0.2) is 31.1 Å². The highest BCUT2D eigenvalue weighted by Gasteiger charge is 2.30. The first-order valence-corrected chi connectivity index (χ1v) is 17.6. The highest BCUT2D eigenvalue weighted by atomic mass is 16.3. The lowest BCUT2D eigenvalue weighted by molar-refractivity contribution is 0.0903. The summed E-state index contributed by atoms with van der Waals surface area (Å²) in [6, 6.07) is 8.42. The molecule has 47 heavy (non-hydrogen) atoms. The summed E-state index contributed by atoms with van der Waals surface area (Å²) in [5, 5.41) is 49.0. The molecule has 0 heterocycles. The van der Waals surface area contributed by atoms with Crippen molar-refractivity contribution in [2.75, 3.05) is 0 Å². The zero-order valence-corrected chi connectivity index (χ0v) is 30.0. The maximum Gasteiger partial charge on any atom is 0.123 e. The first-order valence-electron chi connectivity index (χ1n) is 17.6. The van der Waals surface area contributed by atoms with Crippen molar-refractivity contribution in [1.29, 1.82) is 0 Å². The highest BCUT2D eigenvalue weighted by molar-refractivity contribution is 5.52. The Balaban J connectivity index is 0.000000270. The average molecular weight is 647 g/mol. The van der Waals surface area contributed by atoms with Crippen LogP contribution < -0.4 is 0 Å². The van der Waals surface area contributed by atoms with Gasteiger partial charge in [-0.15, -0.1) is 0 Å². The van der Waals surface area contributed by atoms with Crippen LogP contribution >= 0.6 is 0 Å². The van der Waals surface area contributed by atoms with Gasteiger partial charge < -0.3 is 25.5 Å². The van der Waals surface area contributed by atoms with Gasteiger partial charge in [0.2, 0.25) is 0 Å². The Kier molecular flexibility index (Phi) is 16.4. The number of aryl methyl sites for hydroxylation is 2. The standard InChI is InChI=1S/C21H30O2.C11H16O2.C10H16O/c1-5-6-7-8-16-12-19(22)21(20(23)13-16)18-11-15(4)9-10-17(18)14(2)3;1-2-3-4-5-9-6-10(12)8-11(13)7-9;1-8(2)9-4-6-10(3,11)7-5-9/h11-13,17-18,22-23H,2,5-10H2,1,3-4H3;6-8,12-13H,2-5H2,1H3;4,6,9,11H,1,5,7H2,2-3H3/t17-,18+;;9-,10?/m0.0/s1. The average Bonchev–Trinajstić information content (AvgIpc) is 2.97. The lowest BCUT2D eigenvalue weighted by Crippen LogP contribution is -2.25. The molecular formula is C42H62O5. The molecule has 0 fully saturated rings. The first kappa shape index (κ1) is 39.7. The highest BCUT2D eigenvalue weighted by Crippen LogP contribution is 2.46. The van der Waals surface area contributed by atoms with Gasteiger partial charge >= 0.3 is 0 Å². The molecule has 0 aliphatic heterocycles. The van der Waals surface area contributed by atoms with Crippen molar-refractivity contribution in [2.45, 2.75) is 130 Å². The third kappa shape index (κ3) is 13.7. The Morgan fingerprint density at radius 1 is 0.787 bits per heavy atom. The Hall–Kier alpha value is -3.44. The van der Waals surface area contributed by atoms with Crippen molar-refractivity contribution in [1.82, 2.24) is 0 Å². The summed E-state index contributed by atoms with van der Waals surface area (Å²) in [6.07, 6.45) is 18.8. The number of unbranched alkanes of at least 4 members (excludes halogenated alkanes) is 4. The van der Waals surface area contributed by atoms with Crippen molar-refractivity contribution in [3.63, 3.8) is 0 Å². The van der Waals surface area contributed by atoms with Gasteiger partial charge in [0.15, 0.2) is 0 Å². The Bertz CT molecular complexity index is 1320. The van der Waals surface area contributed by atoms with Crippen molar-refractivity contribution in [2.24, 2.45) is 11.8 Å². The van der Waals surface area contributed by atoms with E-state index in [0.29, 0.717) is 11.5 Å². The summed E-state index contributed by atoms with van der Waals surface area (Å²) < 4.78 is 0. The van der Waals surface area contributed by atoms with Crippen LogP contribution in [0.3, 0.4) is 0 Å². The van der Waals surface area contributed by atoms with Crippen LogP contribution in [0.5, 0.6) is 23.0 Å². The molecule has 5 heteroatoms. The van der Waals surface area contributed by atoms with Crippen LogP contribution in [0.4, 0.5) is 0 Å². The third-order valence-electron chi connectivity index (χ3n) is 9.29. The molecule has 2 aliphatic carbocycles. The summed E-state index contributed by atoms with van der Waals surface area (Å²) in [7, 11) is 0. The maximum absolute atomic E-state index is 10.5. The molecule has 260 valence electrons. The number of aliphatic hydroxyl groups is 1. The van der Waals surface area contributed by atoms with Crippen LogP contribution in [0.1, 0.15) is 128 Å². The van der Waals surface area contributed by atoms with Crippen LogP contribution in [0.15, 0.2) is 78.4 Å². The van der Waals surface area contributed by atoms with Crippen LogP contribution in [-0.2, 0) is 12.8 Å². The largest absolute Gasteiger partial charge is 0.508 e. The minimum Gasteiger partial charge on any atom is -0.508 e. The summed E-state index contributed by atoms with van der Waals surface area (Å²) in [5.74, 6) is 1.51. The molecule has 5 nitrogen and oxygen atoms in total. The molecule has 4 rings (SSSR count). The predicted molar refractivity (Wildman–Crippen MR) is 197 cm³/mol. The summed E-state index contributed by atoms with van der Waals surface area (Å²) in [4.78, 5) is 0. The van der Waals surface area contributed by atoms with Gasteiger partial charge in [-0.2, -0.15) is 0 Å². The number of benzene rings is 2. The fourth-order valence-electron chi connectivity index (χ4n) is 6.39. The van der Waals surface area contributed by atoms with E-state index in [4.69, 9.17) is 0 Å². The number of aromatic hydroxyl groups is 4. The van der Waals surface area contributed by atoms with E-state index >= 15 is 0 Å². The summed E-state index contributed by atoms with van der Waals surface area (Å²) >= 11 is 0. The van der Waals surface area contributed by atoms with Gasteiger partial charge in [0, 0.05) is 17.5 Å². The smallest absolute Gasteiger partial charge is 0.123 e. The number of hydrogen-bond donors (Lipinski definition) is 5. The van der Waals surface area contributed by atoms with Gasteiger partial charge in [-0.3, -0.25) is 0 Å². The van der Waals surface area contributed by atoms with Crippen molar-refractivity contribution < 1.29 is 25.5 Å². The number of hydrogen-bond acceptors (Lipinski definition) is 5. The Morgan fingerprint density at radius 2 is 1.32 bits per heavy atom. The van der Waals surface area contributed by atoms with E-state index in [2.05, 4.69) is 46.1 Å².